The highest BCUT2D eigenvalue weighted by atomic mass is 28.1. The molecule has 0 aliphatic carbocycles. The Bertz CT molecular complexity index is 244. The molecule has 129 valence electrons. The molecule has 0 N–H and O–H groups in total. The number of rotatable bonds is 16. The number of ether oxygens (including phenoxy) is 3. The molecular weight excluding hydrogens is 296 g/mol. The summed E-state index contributed by atoms with van der Waals surface area (Å²) in [5.41, 5.74) is 0.0178. The molecule has 3 radical (unpaired) electrons. The summed E-state index contributed by atoms with van der Waals surface area (Å²) in [6, 6.07) is 0. The lowest BCUT2D eigenvalue weighted by molar-refractivity contribution is -0.380. The first-order chi connectivity index (χ1) is 10.6. The van der Waals surface area contributed by atoms with Crippen molar-refractivity contribution in [2.45, 2.75) is 83.7 Å². The van der Waals surface area contributed by atoms with Crippen molar-refractivity contribution < 1.29 is 19.0 Å². The van der Waals surface area contributed by atoms with E-state index in [9.17, 15) is 4.79 Å². The predicted molar refractivity (Wildman–Crippen MR) is 90.1 cm³/mol. The zero-order chi connectivity index (χ0) is 16.7. The molecule has 0 saturated carbocycles. The van der Waals surface area contributed by atoms with Gasteiger partial charge in [0.05, 0.1) is 0 Å². The van der Waals surface area contributed by atoms with E-state index in [0.717, 1.165) is 38.4 Å². The van der Waals surface area contributed by atoms with Crippen LogP contribution >= 0.6 is 0 Å². The second-order valence-electron chi connectivity index (χ2n) is 5.38. The number of unbranched alkanes of at least 4 members (excludes halogenated alkanes) is 5. The van der Waals surface area contributed by atoms with Crippen molar-refractivity contribution in [3.63, 3.8) is 0 Å². The van der Waals surface area contributed by atoms with Crippen LogP contribution in [0.15, 0.2) is 0 Å². The van der Waals surface area contributed by atoms with Gasteiger partial charge in [-0.2, -0.15) is 0 Å². The number of carbonyl (C=O) groups excluding carboxylic acids is 1. The zero-order valence-corrected chi connectivity index (χ0v) is 15.6. The third kappa shape index (κ3) is 10.5. The van der Waals surface area contributed by atoms with E-state index in [0.29, 0.717) is 19.8 Å². The summed E-state index contributed by atoms with van der Waals surface area (Å²) in [5.74, 6) is -0.856. The largest absolute Gasteiger partial charge is 0.328 e. The van der Waals surface area contributed by atoms with E-state index in [4.69, 9.17) is 14.2 Å². The molecule has 0 spiro atoms. The molecule has 0 heterocycles. The number of aldehydes is 1. The standard InChI is InChI=1S/C17H33O4Si/c1-4-19-17(20-5-2,21-6-3)14-12-10-8-7-9-11-13-16(22)15-18/h15-16H,4-14H2,1-3H3. The van der Waals surface area contributed by atoms with Gasteiger partial charge in [-0.15, -0.1) is 0 Å². The van der Waals surface area contributed by atoms with E-state index in [2.05, 4.69) is 10.2 Å². The lowest BCUT2D eigenvalue weighted by atomic mass is 10.1. The quantitative estimate of drug-likeness (QED) is 0.186. The fourth-order valence-corrected chi connectivity index (χ4v) is 2.69. The fraction of sp³-hybridized carbons (Fsp3) is 0.941. The summed E-state index contributed by atoms with van der Waals surface area (Å²) in [6.07, 6.45) is 9.56. The van der Waals surface area contributed by atoms with Crippen LogP contribution in [-0.2, 0) is 19.0 Å². The highest BCUT2D eigenvalue weighted by molar-refractivity contribution is 6.19. The minimum atomic E-state index is -0.856. The molecular formula is C17H33O4Si. The smallest absolute Gasteiger partial charge is 0.282 e. The van der Waals surface area contributed by atoms with E-state index < -0.39 is 5.97 Å². The molecule has 0 aromatic rings. The van der Waals surface area contributed by atoms with E-state index in [1.807, 2.05) is 20.8 Å². The van der Waals surface area contributed by atoms with Crippen LogP contribution in [0.4, 0.5) is 0 Å². The first-order valence-corrected chi connectivity index (χ1v) is 9.30. The van der Waals surface area contributed by atoms with Crippen molar-refractivity contribution in [2.75, 3.05) is 19.8 Å². The molecule has 22 heavy (non-hydrogen) atoms. The van der Waals surface area contributed by atoms with Gasteiger partial charge in [0, 0.05) is 42.0 Å². The number of hydrogen-bond acceptors (Lipinski definition) is 4. The summed E-state index contributed by atoms with van der Waals surface area (Å²) in [5, 5.41) is 0. The number of carbonyl (C=O) groups is 1. The summed E-state index contributed by atoms with van der Waals surface area (Å²) >= 11 is 0. The first-order valence-electron chi connectivity index (χ1n) is 8.72. The maximum absolute atomic E-state index is 10.5. The Balaban J connectivity index is 3.81. The number of hydrogen-bond donors (Lipinski definition) is 0. The highest BCUT2D eigenvalue weighted by Crippen LogP contribution is 2.24. The van der Waals surface area contributed by atoms with Gasteiger partial charge in [-0.05, 0) is 33.6 Å². The SMILES string of the molecule is CCOC(CCCCCCCCC([Si])C=O)(OCC)OCC. The molecule has 0 fully saturated rings. The van der Waals surface area contributed by atoms with Gasteiger partial charge in [-0.1, -0.05) is 32.1 Å². The minimum absolute atomic E-state index is 0.0178. The van der Waals surface area contributed by atoms with Crippen LogP contribution in [-0.4, -0.2) is 42.3 Å². The van der Waals surface area contributed by atoms with E-state index in [-0.39, 0.29) is 5.54 Å². The van der Waals surface area contributed by atoms with Crippen LogP contribution in [0.1, 0.15) is 72.1 Å². The summed E-state index contributed by atoms with van der Waals surface area (Å²) in [7, 11) is 3.38. The molecule has 1 unspecified atom stereocenters. The lowest BCUT2D eigenvalue weighted by Crippen LogP contribution is -2.39. The Morgan fingerprint density at radius 2 is 1.32 bits per heavy atom. The Labute approximate surface area is 139 Å². The van der Waals surface area contributed by atoms with Crippen molar-refractivity contribution >= 4 is 16.5 Å². The Morgan fingerprint density at radius 1 is 0.864 bits per heavy atom. The summed E-state index contributed by atoms with van der Waals surface area (Å²) < 4.78 is 17.1. The van der Waals surface area contributed by atoms with Crippen LogP contribution in [0, 0.1) is 0 Å². The molecule has 0 aromatic heterocycles. The molecule has 1 atom stereocenters. The molecule has 0 aromatic carbocycles. The van der Waals surface area contributed by atoms with Gasteiger partial charge < -0.3 is 19.0 Å². The van der Waals surface area contributed by atoms with Gasteiger partial charge >= 0.3 is 0 Å². The van der Waals surface area contributed by atoms with Gasteiger partial charge in [-0.3, -0.25) is 0 Å². The van der Waals surface area contributed by atoms with E-state index in [1.54, 1.807) is 0 Å². The average molecular weight is 330 g/mol. The monoisotopic (exact) mass is 329 g/mol. The molecule has 4 nitrogen and oxygen atoms in total. The van der Waals surface area contributed by atoms with Gasteiger partial charge in [-0.25, -0.2) is 0 Å². The average Bonchev–Trinajstić information content (AvgIpc) is 2.50. The van der Waals surface area contributed by atoms with Gasteiger partial charge in [0.2, 0.25) is 0 Å². The second kappa shape index (κ2) is 14.4. The Hall–Kier alpha value is -0.233. The Morgan fingerprint density at radius 3 is 1.77 bits per heavy atom. The highest BCUT2D eigenvalue weighted by Gasteiger charge is 2.31. The molecule has 5 heteroatoms. The van der Waals surface area contributed by atoms with Crippen molar-refractivity contribution in [3.05, 3.63) is 0 Å². The third-order valence-corrected chi connectivity index (χ3v) is 3.93. The van der Waals surface area contributed by atoms with Crippen molar-refractivity contribution in [2.24, 2.45) is 0 Å². The predicted octanol–water partition coefficient (Wildman–Crippen LogP) is 4.03. The maximum atomic E-state index is 10.5. The van der Waals surface area contributed by atoms with E-state index in [1.165, 1.54) is 19.3 Å². The third-order valence-electron chi connectivity index (χ3n) is 3.51. The van der Waals surface area contributed by atoms with E-state index >= 15 is 0 Å². The topological polar surface area (TPSA) is 44.8 Å². The molecule has 0 aliphatic rings. The molecule has 0 rings (SSSR count). The molecule has 0 aliphatic heterocycles. The molecule has 0 saturated heterocycles. The van der Waals surface area contributed by atoms with Crippen molar-refractivity contribution in [1.82, 2.24) is 0 Å². The van der Waals surface area contributed by atoms with Crippen LogP contribution in [0.5, 0.6) is 0 Å². The zero-order valence-electron chi connectivity index (χ0n) is 14.6. The van der Waals surface area contributed by atoms with Crippen LogP contribution < -0.4 is 0 Å². The lowest BCUT2D eigenvalue weighted by Gasteiger charge is -2.32. The van der Waals surface area contributed by atoms with Crippen LogP contribution in [0.3, 0.4) is 0 Å². The summed E-state index contributed by atoms with van der Waals surface area (Å²) in [4.78, 5) is 10.5. The van der Waals surface area contributed by atoms with Crippen molar-refractivity contribution in [1.29, 1.82) is 0 Å². The fourth-order valence-electron chi connectivity index (χ4n) is 2.48. The van der Waals surface area contributed by atoms with Gasteiger partial charge in [0.1, 0.15) is 6.29 Å². The van der Waals surface area contributed by atoms with Gasteiger partial charge in [0.25, 0.3) is 5.97 Å². The second-order valence-corrected chi connectivity index (χ2v) is 6.13. The molecule has 0 bridgehead atoms. The molecule has 0 amide bonds. The van der Waals surface area contributed by atoms with Crippen molar-refractivity contribution in [3.8, 4) is 0 Å². The Kier molecular flexibility index (Phi) is 14.2. The summed E-state index contributed by atoms with van der Waals surface area (Å²) in [6.45, 7) is 7.65. The van der Waals surface area contributed by atoms with Crippen LogP contribution in [0.25, 0.3) is 0 Å². The first kappa shape index (κ1) is 21.8. The maximum Gasteiger partial charge on any atom is 0.282 e. The minimum Gasteiger partial charge on any atom is -0.328 e. The van der Waals surface area contributed by atoms with Crippen LogP contribution in [0.2, 0.25) is 5.54 Å². The van der Waals surface area contributed by atoms with Gasteiger partial charge in [0.15, 0.2) is 0 Å². The normalized spacial score (nSPS) is 13.3.